The molecule has 0 amide bonds. The molecule has 0 aliphatic carbocycles. The molecule has 0 atom stereocenters. The molecule has 0 bridgehead atoms. The van der Waals surface area contributed by atoms with Crippen LogP contribution in [-0.2, 0) is 6.61 Å². The number of ether oxygens (including phenoxy) is 1. The number of aryl methyl sites for hydroxylation is 1. The van der Waals surface area contributed by atoms with Gasteiger partial charge in [0.25, 0.3) is 0 Å². The second-order valence-electron chi connectivity index (χ2n) is 4.88. The van der Waals surface area contributed by atoms with Crippen molar-refractivity contribution in [1.29, 1.82) is 0 Å². The second kappa shape index (κ2) is 6.31. The molecule has 0 unspecified atom stereocenters. The highest BCUT2D eigenvalue weighted by molar-refractivity contribution is 5.84. The third kappa shape index (κ3) is 3.37. The maximum atomic E-state index is 10.9. The topological polar surface area (TPSA) is 85.5 Å². The summed E-state index contributed by atoms with van der Waals surface area (Å²) < 4.78 is 10.8. The first-order valence-electron chi connectivity index (χ1n) is 6.96. The predicted molar refractivity (Wildman–Crippen MR) is 82.2 cm³/mol. The highest BCUT2D eigenvalue weighted by Gasteiger charge is 2.13. The monoisotopic (exact) mass is 310 g/mol. The molecule has 0 aliphatic heterocycles. The Hall–Kier alpha value is -3.15. The summed E-state index contributed by atoms with van der Waals surface area (Å²) >= 11 is 0. The van der Waals surface area contributed by atoms with E-state index in [1.807, 2.05) is 24.3 Å². The van der Waals surface area contributed by atoms with Crippen LogP contribution in [0.5, 0.6) is 5.75 Å². The predicted octanol–water partition coefficient (Wildman–Crippen LogP) is 3.32. The maximum absolute atomic E-state index is 10.9. The largest absolute Gasteiger partial charge is 0.489 e. The first-order chi connectivity index (χ1) is 11.1. The minimum atomic E-state index is -1.09. The molecule has 3 rings (SSSR count). The fourth-order valence-corrected chi connectivity index (χ4v) is 2.08. The molecular weight excluding hydrogens is 296 g/mol. The van der Waals surface area contributed by atoms with Crippen molar-refractivity contribution in [1.82, 2.24) is 9.97 Å². The molecule has 6 nitrogen and oxygen atoms in total. The van der Waals surface area contributed by atoms with Crippen LogP contribution < -0.4 is 4.74 Å². The van der Waals surface area contributed by atoms with E-state index in [0.717, 1.165) is 5.56 Å². The van der Waals surface area contributed by atoms with Gasteiger partial charge in [-0.3, -0.25) is 0 Å². The van der Waals surface area contributed by atoms with Crippen molar-refractivity contribution in [2.75, 3.05) is 0 Å². The van der Waals surface area contributed by atoms with Crippen LogP contribution in [-0.4, -0.2) is 21.0 Å². The number of benzene rings is 1. The van der Waals surface area contributed by atoms with Gasteiger partial charge >= 0.3 is 5.97 Å². The van der Waals surface area contributed by atoms with Gasteiger partial charge in [0.1, 0.15) is 18.1 Å². The van der Waals surface area contributed by atoms with Crippen LogP contribution in [0.3, 0.4) is 0 Å². The number of carboxylic acids is 1. The van der Waals surface area contributed by atoms with E-state index >= 15 is 0 Å². The van der Waals surface area contributed by atoms with Gasteiger partial charge in [-0.15, -0.1) is 0 Å². The van der Waals surface area contributed by atoms with Crippen LogP contribution in [0.15, 0.2) is 53.2 Å². The molecule has 2 heterocycles. The Morgan fingerprint density at radius 1 is 1.22 bits per heavy atom. The number of aromatic nitrogens is 2. The molecule has 6 heteroatoms. The van der Waals surface area contributed by atoms with Crippen molar-refractivity contribution in [2.45, 2.75) is 13.5 Å². The van der Waals surface area contributed by atoms with Gasteiger partial charge in [0, 0.05) is 23.5 Å². The van der Waals surface area contributed by atoms with Crippen LogP contribution >= 0.6 is 0 Å². The van der Waals surface area contributed by atoms with Crippen molar-refractivity contribution in [3.05, 3.63) is 65.9 Å². The van der Waals surface area contributed by atoms with Crippen molar-refractivity contribution in [2.24, 2.45) is 0 Å². The summed E-state index contributed by atoms with van der Waals surface area (Å²) in [5.41, 5.74) is 1.60. The van der Waals surface area contributed by atoms with Crippen LogP contribution in [0.2, 0.25) is 0 Å². The van der Waals surface area contributed by atoms with Gasteiger partial charge in [0.05, 0.1) is 0 Å². The van der Waals surface area contributed by atoms with E-state index in [-0.39, 0.29) is 12.4 Å². The van der Waals surface area contributed by atoms with Crippen LogP contribution in [0.1, 0.15) is 21.9 Å². The molecule has 2 aromatic heterocycles. The zero-order valence-electron chi connectivity index (χ0n) is 12.4. The molecule has 116 valence electrons. The highest BCUT2D eigenvalue weighted by atomic mass is 16.5. The van der Waals surface area contributed by atoms with Crippen molar-refractivity contribution >= 4 is 5.97 Å². The highest BCUT2D eigenvalue weighted by Crippen LogP contribution is 2.21. The zero-order chi connectivity index (χ0) is 16.2. The number of carbonyl (C=O) groups is 1. The number of aromatic carboxylic acids is 1. The first kappa shape index (κ1) is 14.8. The standard InChI is InChI=1S/C17H14N2O4/c1-11-13(9-15(23-11)17(20)21)10-22-14-5-3-12(4-6-14)16-18-7-2-8-19-16/h2-9H,10H2,1H3,(H,20,21). The Morgan fingerprint density at radius 3 is 2.52 bits per heavy atom. The SMILES string of the molecule is Cc1oc(C(=O)O)cc1COc1ccc(-c2ncccn2)cc1. The number of hydrogen-bond acceptors (Lipinski definition) is 5. The van der Waals surface area contributed by atoms with E-state index in [9.17, 15) is 4.79 Å². The normalized spacial score (nSPS) is 10.5. The van der Waals surface area contributed by atoms with Crippen molar-refractivity contribution in [3.63, 3.8) is 0 Å². The molecular formula is C17H14N2O4. The fourth-order valence-electron chi connectivity index (χ4n) is 2.08. The van der Waals surface area contributed by atoms with Gasteiger partial charge < -0.3 is 14.3 Å². The van der Waals surface area contributed by atoms with Gasteiger partial charge in [-0.1, -0.05) is 0 Å². The maximum Gasteiger partial charge on any atom is 0.371 e. The van der Waals surface area contributed by atoms with Gasteiger partial charge in [0.2, 0.25) is 5.76 Å². The lowest BCUT2D eigenvalue weighted by atomic mass is 10.2. The average Bonchev–Trinajstić information content (AvgIpc) is 2.96. The molecule has 1 N–H and O–H groups in total. The Balaban J connectivity index is 1.68. The first-order valence-corrected chi connectivity index (χ1v) is 6.96. The Morgan fingerprint density at radius 2 is 1.91 bits per heavy atom. The summed E-state index contributed by atoms with van der Waals surface area (Å²) in [5.74, 6) is 0.680. The van der Waals surface area contributed by atoms with Crippen molar-refractivity contribution in [3.8, 4) is 17.1 Å². The number of nitrogens with zero attached hydrogens (tertiary/aromatic N) is 2. The fraction of sp³-hybridized carbons (Fsp3) is 0.118. The molecule has 0 aliphatic rings. The van der Waals surface area contributed by atoms with Crippen LogP contribution in [0.25, 0.3) is 11.4 Å². The summed E-state index contributed by atoms with van der Waals surface area (Å²) in [7, 11) is 0. The molecule has 0 spiro atoms. The average molecular weight is 310 g/mol. The molecule has 0 saturated heterocycles. The minimum absolute atomic E-state index is 0.0855. The van der Waals surface area contributed by atoms with Gasteiger partial charge in [-0.2, -0.15) is 0 Å². The quantitative estimate of drug-likeness (QED) is 0.778. The lowest BCUT2D eigenvalue weighted by Gasteiger charge is -2.06. The number of rotatable bonds is 5. The number of hydrogen-bond donors (Lipinski definition) is 1. The summed E-state index contributed by atoms with van der Waals surface area (Å²) in [6.07, 6.45) is 3.38. The molecule has 0 radical (unpaired) electrons. The Labute approximate surface area is 132 Å². The van der Waals surface area contributed by atoms with Crippen LogP contribution in [0.4, 0.5) is 0 Å². The molecule has 23 heavy (non-hydrogen) atoms. The van der Waals surface area contributed by atoms with Gasteiger partial charge in [-0.25, -0.2) is 14.8 Å². The number of carboxylic acid groups (broad SMARTS) is 1. The van der Waals surface area contributed by atoms with Gasteiger partial charge in [0.15, 0.2) is 5.82 Å². The third-order valence-corrected chi connectivity index (χ3v) is 3.30. The smallest absolute Gasteiger partial charge is 0.371 e. The summed E-state index contributed by atoms with van der Waals surface area (Å²) in [6.45, 7) is 1.95. The Bertz CT molecular complexity index is 810. The van der Waals surface area contributed by atoms with Crippen molar-refractivity contribution < 1.29 is 19.1 Å². The molecule has 0 fully saturated rings. The summed E-state index contributed by atoms with van der Waals surface area (Å²) in [4.78, 5) is 19.2. The summed E-state index contributed by atoms with van der Waals surface area (Å²) in [6, 6.07) is 10.6. The third-order valence-electron chi connectivity index (χ3n) is 3.30. The van der Waals surface area contributed by atoms with E-state index in [4.69, 9.17) is 14.3 Å². The van der Waals surface area contributed by atoms with E-state index < -0.39 is 5.97 Å². The zero-order valence-corrected chi connectivity index (χ0v) is 12.4. The number of furan rings is 1. The second-order valence-corrected chi connectivity index (χ2v) is 4.88. The molecule has 1 aromatic carbocycles. The summed E-state index contributed by atoms with van der Waals surface area (Å²) in [5, 5.41) is 8.90. The van der Waals surface area contributed by atoms with E-state index in [1.165, 1.54) is 6.07 Å². The van der Waals surface area contributed by atoms with E-state index in [1.54, 1.807) is 25.4 Å². The van der Waals surface area contributed by atoms with E-state index in [0.29, 0.717) is 22.9 Å². The minimum Gasteiger partial charge on any atom is -0.489 e. The van der Waals surface area contributed by atoms with Crippen LogP contribution in [0, 0.1) is 6.92 Å². The lowest BCUT2D eigenvalue weighted by Crippen LogP contribution is -1.96. The lowest BCUT2D eigenvalue weighted by molar-refractivity contribution is 0.0661. The van der Waals surface area contributed by atoms with E-state index in [2.05, 4.69) is 9.97 Å². The molecule has 3 aromatic rings. The Kier molecular flexibility index (Phi) is 4.05. The van der Waals surface area contributed by atoms with Gasteiger partial charge in [-0.05, 0) is 43.3 Å². The molecule has 0 saturated carbocycles.